The Kier molecular flexibility index (Phi) is 6.62. The molecule has 0 aliphatic heterocycles. The van der Waals surface area contributed by atoms with Crippen LogP contribution in [0.5, 0.6) is 0 Å². The van der Waals surface area contributed by atoms with E-state index in [1.165, 1.54) is 39.9 Å². The van der Waals surface area contributed by atoms with Crippen molar-refractivity contribution < 1.29 is 0 Å². The molecule has 1 N–H and O–H groups in total. The van der Waals surface area contributed by atoms with Gasteiger partial charge in [-0.2, -0.15) is 0 Å². The summed E-state index contributed by atoms with van der Waals surface area (Å²) in [6.07, 6.45) is 5.22. The summed E-state index contributed by atoms with van der Waals surface area (Å²) in [5, 5.41) is 3.59. The highest BCUT2D eigenvalue weighted by atomic mass is 79.9. The summed E-state index contributed by atoms with van der Waals surface area (Å²) in [5.41, 5.74) is 1.36. The molecule has 0 spiro atoms. The Hall–Kier alpha value is 0.140. The van der Waals surface area contributed by atoms with Crippen LogP contribution in [0, 0.1) is 6.92 Å². The molecule has 92 valence electrons. The molecule has 0 radical (unpaired) electrons. The fraction of sp³-hybridized carbons (Fsp3) is 0.692. The zero-order chi connectivity index (χ0) is 12.0. The molecule has 0 aromatic carbocycles. The number of hydrogen-bond donors (Lipinski definition) is 1. The van der Waals surface area contributed by atoms with Gasteiger partial charge in [0.1, 0.15) is 0 Å². The summed E-state index contributed by atoms with van der Waals surface area (Å²) >= 11 is 5.48. The van der Waals surface area contributed by atoms with Crippen LogP contribution in [0.15, 0.2) is 9.85 Å². The molecule has 16 heavy (non-hydrogen) atoms. The molecule has 1 atom stereocenters. The zero-order valence-electron chi connectivity index (χ0n) is 10.5. The normalized spacial score (nSPS) is 13.0. The number of unbranched alkanes of at least 4 members (excludes halogenated alkanes) is 2. The number of halogens is 1. The third kappa shape index (κ3) is 4.19. The van der Waals surface area contributed by atoms with Gasteiger partial charge in [0.25, 0.3) is 0 Å². The minimum Gasteiger partial charge on any atom is -0.310 e. The third-order valence-corrected chi connectivity index (χ3v) is 5.02. The van der Waals surface area contributed by atoms with E-state index in [2.05, 4.69) is 48.1 Å². The lowest BCUT2D eigenvalue weighted by atomic mass is 10.1. The monoisotopic (exact) mass is 303 g/mol. The molecule has 1 nitrogen and oxygen atoms in total. The zero-order valence-corrected chi connectivity index (χ0v) is 12.9. The molecule has 1 aromatic heterocycles. The maximum atomic E-state index is 3.61. The predicted octanol–water partition coefficient (Wildman–Crippen LogP) is 5.05. The van der Waals surface area contributed by atoms with Gasteiger partial charge in [-0.25, -0.2) is 0 Å². The first-order valence-electron chi connectivity index (χ1n) is 6.18. The second kappa shape index (κ2) is 7.46. The molecule has 1 aromatic rings. The van der Waals surface area contributed by atoms with E-state index in [9.17, 15) is 0 Å². The second-order valence-corrected chi connectivity index (χ2v) is 6.61. The van der Waals surface area contributed by atoms with Crippen LogP contribution in [0.1, 0.15) is 56.0 Å². The van der Waals surface area contributed by atoms with Gasteiger partial charge in [0, 0.05) is 10.9 Å². The van der Waals surface area contributed by atoms with Crippen molar-refractivity contribution in [2.24, 2.45) is 0 Å². The van der Waals surface area contributed by atoms with Gasteiger partial charge >= 0.3 is 0 Å². The lowest BCUT2D eigenvalue weighted by molar-refractivity contribution is 0.493. The van der Waals surface area contributed by atoms with Gasteiger partial charge in [0.2, 0.25) is 0 Å². The number of hydrogen-bond acceptors (Lipinski definition) is 2. The smallest absolute Gasteiger partial charge is 0.0731 e. The molecule has 3 heteroatoms. The number of nitrogens with one attached hydrogen (secondary N) is 1. The molecule has 0 fully saturated rings. The van der Waals surface area contributed by atoms with Crippen molar-refractivity contribution in [2.45, 2.75) is 52.5 Å². The number of thiophene rings is 1. The van der Waals surface area contributed by atoms with Crippen LogP contribution in [-0.2, 0) is 0 Å². The topological polar surface area (TPSA) is 12.0 Å². The van der Waals surface area contributed by atoms with E-state index in [0.717, 1.165) is 6.54 Å². The largest absolute Gasteiger partial charge is 0.310 e. The minimum absolute atomic E-state index is 0.548. The van der Waals surface area contributed by atoms with Crippen molar-refractivity contribution in [3.8, 4) is 0 Å². The Labute approximate surface area is 112 Å². The van der Waals surface area contributed by atoms with E-state index in [-0.39, 0.29) is 0 Å². The van der Waals surface area contributed by atoms with Gasteiger partial charge in [-0.05, 0) is 47.4 Å². The highest BCUT2D eigenvalue weighted by molar-refractivity contribution is 9.11. The highest BCUT2D eigenvalue weighted by Crippen LogP contribution is 2.33. The van der Waals surface area contributed by atoms with Crippen molar-refractivity contribution in [1.82, 2.24) is 5.32 Å². The van der Waals surface area contributed by atoms with E-state index in [0.29, 0.717) is 6.04 Å². The van der Waals surface area contributed by atoms with E-state index in [1.807, 2.05) is 11.3 Å². The molecule has 1 heterocycles. The Morgan fingerprint density at radius 3 is 2.62 bits per heavy atom. The Balaban J connectivity index is 2.61. The molecular weight excluding hydrogens is 282 g/mol. The van der Waals surface area contributed by atoms with E-state index in [1.54, 1.807) is 0 Å². The average molecular weight is 304 g/mol. The van der Waals surface area contributed by atoms with Crippen molar-refractivity contribution in [3.05, 3.63) is 20.3 Å². The first kappa shape index (κ1) is 14.2. The maximum Gasteiger partial charge on any atom is 0.0731 e. The van der Waals surface area contributed by atoms with Crippen LogP contribution in [0.25, 0.3) is 0 Å². The van der Waals surface area contributed by atoms with Gasteiger partial charge in [-0.3, -0.25) is 0 Å². The molecule has 0 saturated heterocycles. The SMILES string of the molecule is CCCCCC(NCC)c1cc(C)c(Br)s1. The van der Waals surface area contributed by atoms with Gasteiger partial charge in [0.15, 0.2) is 0 Å². The lowest BCUT2D eigenvalue weighted by Crippen LogP contribution is -2.19. The van der Waals surface area contributed by atoms with E-state index < -0.39 is 0 Å². The first-order chi connectivity index (χ1) is 7.69. The van der Waals surface area contributed by atoms with Crippen LogP contribution in [0.3, 0.4) is 0 Å². The lowest BCUT2D eigenvalue weighted by Gasteiger charge is -2.15. The summed E-state index contributed by atoms with van der Waals surface area (Å²) in [6.45, 7) is 7.65. The molecule has 1 unspecified atom stereocenters. The molecule has 0 bridgehead atoms. The minimum atomic E-state index is 0.548. The van der Waals surface area contributed by atoms with Crippen LogP contribution in [0.4, 0.5) is 0 Å². The molecule has 1 rings (SSSR count). The summed E-state index contributed by atoms with van der Waals surface area (Å²) in [5.74, 6) is 0. The third-order valence-electron chi connectivity index (χ3n) is 2.77. The average Bonchev–Trinajstić information content (AvgIpc) is 2.58. The van der Waals surface area contributed by atoms with E-state index in [4.69, 9.17) is 0 Å². The molecule has 0 amide bonds. The summed E-state index contributed by atoms with van der Waals surface area (Å²) in [7, 11) is 0. The Morgan fingerprint density at radius 2 is 2.12 bits per heavy atom. The predicted molar refractivity (Wildman–Crippen MR) is 77.3 cm³/mol. The van der Waals surface area contributed by atoms with Crippen LogP contribution < -0.4 is 5.32 Å². The van der Waals surface area contributed by atoms with Crippen molar-refractivity contribution >= 4 is 27.3 Å². The Bertz CT molecular complexity index is 289. The van der Waals surface area contributed by atoms with Gasteiger partial charge in [-0.15, -0.1) is 11.3 Å². The highest BCUT2D eigenvalue weighted by Gasteiger charge is 2.13. The second-order valence-electron chi connectivity index (χ2n) is 4.21. The van der Waals surface area contributed by atoms with Gasteiger partial charge < -0.3 is 5.32 Å². The summed E-state index contributed by atoms with van der Waals surface area (Å²) in [4.78, 5) is 1.47. The fourth-order valence-electron chi connectivity index (χ4n) is 1.85. The number of aryl methyl sites for hydroxylation is 1. The summed E-state index contributed by atoms with van der Waals surface area (Å²) < 4.78 is 1.28. The summed E-state index contributed by atoms with van der Waals surface area (Å²) in [6, 6.07) is 2.86. The van der Waals surface area contributed by atoms with Crippen molar-refractivity contribution in [3.63, 3.8) is 0 Å². The van der Waals surface area contributed by atoms with Crippen molar-refractivity contribution in [2.75, 3.05) is 6.54 Å². The van der Waals surface area contributed by atoms with Crippen LogP contribution in [-0.4, -0.2) is 6.54 Å². The quantitative estimate of drug-likeness (QED) is 0.695. The fourth-order valence-corrected chi connectivity index (χ4v) is 3.53. The molecule has 0 aliphatic carbocycles. The van der Waals surface area contributed by atoms with E-state index >= 15 is 0 Å². The van der Waals surface area contributed by atoms with Gasteiger partial charge in [0.05, 0.1) is 3.79 Å². The standard InChI is InChI=1S/C13H22BrNS/c1-4-6-7-8-11(15-5-2)12-9-10(3)13(14)16-12/h9,11,15H,4-8H2,1-3H3. The Morgan fingerprint density at radius 1 is 1.38 bits per heavy atom. The van der Waals surface area contributed by atoms with Crippen LogP contribution >= 0.6 is 27.3 Å². The molecule has 0 saturated carbocycles. The molecular formula is C13H22BrNS. The maximum absolute atomic E-state index is 3.61. The van der Waals surface area contributed by atoms with Crippen LogP contribution in [0.2, 0.25) is 0 Å². The van der Waals surface area contributed by atoms with Crippen molar-refractivity contribution in [1.29, 1.82) is 0 Å². The first-order valence-corrected chi connectivity index (χ1v) is 7.79. The molecule has 0 aliphatic rings. The van der Waals surface area contributed by atoms with Gasteiger partial charge in [-0.1, -0.05) is 33.1 Å². The number of rotatable bonds is 7.